The fourth-order valence-electron chi connectivity index (χ4n) is 3.68. The van der Waals surface area contributed by atoms with Crippen LogP contribution in [0.2, 0.25) is 5.02 Å². The first-order valence-electron chi connectivity index (χ1n) is 10.6. The number of hydrogen-bond donors (Lipinski definition) is 1. The van der Waals surface area contributed by atoms with Gasteiger partial charge in [-0.15, -0.1) is 11.3 Å². The molecule has 0 bridgehead atoms. The molecule has 0 aliphatic carbocycles. The molecule has 0 spiro atoms. The van der Waals surface area contributed by atoms with E-state index >= 15 is 0 Å². The number of nitrogens with one attached hydrogen (secondary N) is 1. The van der Waals surface area contributed by atoms with Crippen LogP contribution in [0.4, 0.5) is 10.1 Å². The van der Waals surface area contributed by atoms with Crippen molar-refractivity contribution in [2.75, 3.05) is 18.5 Å². The lowest BCUT2D eigenvalue weighted by molar-refractivity contribution is -0.118. The van der Waals surface area contributed by atoms with Gasteiger partial charge < -0.3 is 9.80 Å². The fraction of sp³-hybridized carbons (Fsp3) is 0.304. The smallest absolute Gasteiger partial charge is 0.253 e. The van der Waals surface area contributed by atoms with E-state index < -0.39 is 27.8 Å². The van der Waals surface area contributed by atoms with E-state index in [0.717, 1.165) is 22.8 Å². The Morgan fingerprint density at radius 3 is 2.65 bits per heavy atom. The Bertz CT molecular complexity index is 1390. The number of benzene rings is 2. The maximum absolute atomic E-state index is 14.9. The molecule has 0 radical (unpaired) electrons. The molecule has 1 atom stereocenters. The number of carbonyl (C=O) groups excluding carboxylic acids is 2. The molecular weight excluding hydrogens is 501 g/mol. The van der Waals surface area contributed by atoms with Crippen molar-refractivity contribution < 1.29 is 22.4 Å². The van der Waals surface area contributed by atoms with Crippen LogP contribution in [0.1, 0.15) is 30.6 Å². The molecule has 2 heterocycles. The third kappa shape index (κ3) is 4.68. The molecular formula is C23H23ClFN3O4S2. The highest BCUT2D eigenvalue weighted by molar-refractivity contribution is 7.91. The second kappa shape index (κ2) is 9.26. The topological polar surface area (TPSA) is 86.8 Å². The minimum atomic E-state index is -3.97. The standard InChI is InChI=1S/C23H23ClFN3O4S2/c1-13(2)27(3)22(29)15-5-7-19(17(25)10-15)28-9-8-18(23(28)30)26-34(31,32)21-11-14-4-6-16(24)12-20(14)33-21/h4-7,10-13,18,26H,8-9H2,1-3H3/t18-/m0/s1. The first-order valence-corrected chi connectivity index (χ1v) is 13.2. The summed E-state index contributed by atoms with van der Waals surface area (Å²) in [5.41, 5.74) is 0.179. The van der Waals surface area contributed by atoms with E-state index in [-0.39, 0.29) is 40.4 Å². The molecule has 1 fully saturated rings. The fourth-order valence-corrected chi connectivity index (χ4v) is 6.60. The van der Waals surface area contributed by atoms with E-state index in [4.69, 9.17) is 11.6 Å². The van der Waals surface area contributed by atoms with E-state index in [1.54, 1.807) is 25.2 Å². The Labute approximate surface area is 206 Å². The summed E-state index contributed by atoms with van der Waals surface area (Å²) in [4.78, 5) is 28.1. The quantitative estimate of drug-likeness (QED) is 0.523. The normalized spacial score (nSPS) is 16.6. The zero-order valence-corrected chi connectivity index (χ0v) is 21.1. The van der Waals surface area contributed by atoms with Crippen molar-refractivity contribution in [3.05, 3.63) is 58.9 Å². The summed E-state index contributed by atoms with van der Waals surface area (Å²) in [5, 5.41) is 1.23. The summed E-state index contributed by atoms with van der Waals surface area (Å²) >= 11 is 7.04. The van der Waals surface area contributed by atoms with Gasteiger partial charge in [-0.2, -0.15) is 4.72 Å². The number of fused-ring (bicyclic) bond motifs is 1. The highest BCUT2D eigenvalue weighted by atomic mass is 35.5. The predicted octanol–water partition coefficient (Wildman–Crippen LogP) is 4.26. The van der Waals surface area contributed by atoms with E-state index in [1.807, 2.05) is 13.8 Å². The molecule has 4 rings (SSSR count). The van der Waals surface area contributed by atoms with Gasteiger partial charge in [-0.3, -0.25) is 9.59 Å². The zero-order chi connectivity index (χ0) is 24.8. The van der Waals surface area contributed by atoms with Gasteiger partial charge in [0.15, 0.2) is 0 Å². The molecule has 1 saturated heterocycles. The number of thiophene rings is 1. The largest absolute Gasteiger partial charge is 0.339 e. The Balaban J connectivity index is 1.51. The highest BCUT2D eigenvalue weighted by Gasteiger charge is 2.37. The van der Waals surface area contributed by atoms with Crippen LogP contribution in [-0.2, 0) is 14.8 Å². The first kappa shape index (κ1) is 24.6. The van der Waals surface area contributed by atoms with Crippen molar-refractivity contribution in [3.8, 4) is 0 Å². The lowest BCUT2D eigenvalue weighted by Crippen LogP contribution is -2.41. The molecule has 3 aromatic rings. The van der Waals surface area contributed by atoms with Crippen LogP contribution in [0.15, 0.2) is 46.7 Å². The van der Waals surface area contributed by atoms with Gasteiger partial charge in [0.05, 0.1) is 5.69 Å². The third-order valence-electron chi connectivity index (χ3n) is 5.81. The second-order valence-electron chi connectivity index (χ2n) is 8.38. The third-order valence-corrected chi connectivity index (χ3v) is 9.09. The Kier molecular flexibility index (Phi) is 6.69. The van der Waals surface area contributed by atoms with Crippen molar-refractivity contribution >= 4 is 60.5 Å². The van der Waals surface area contributed by atoms with Crippen molar-refractivity contribution in [3.63, 3.8) is 0 Å². The number of anilines is 1. The summed E-state index contributed by atoms with van der Waals surface area (Å²) in [6.45, 7) is 3.84. The van der Waals surface area contributed by atoms with E-state index in [0.29, 0.717) is 9.72 Å². The monoisotopic (exact) mass is 523 g/mol. The van der Waals surface area contributed by atoms with Crippen LogP contribution >= 0.6 is 22.9 Å². The number of halogens is 2. The number of rotatable bonds is 6. The average Bonchev–Trinajstić information content (AvgIpc) is 3.36. The van der Waals surface area contributed by atoms with Gasteiger partial charge in [-0.05, 0) is 62.1 Å². The van der Waals surface area contributed by atoms with E-state index in [2.05, 4.69) is 4.72 Å². The van der Waals surface area contributed by atoms with Crippen molar-refractivity contribution in [2.45, 2.75) is 36.6 Å². The highest BCUT2D eigenvalue weighted by Crippen LogP contribution is 2.32. The predicted molar refractivity (Wildman–Crippen MR) is 132 cm³/mol. The number of amides is 2. The molecule has 1 aromatic heterocycles. The van der Waals surface area contributed by atoms with Crippen molar-refractivity contribution in [2.24, 2.45) is 0 Å². The molecule has 1 N–H and O–H groups in total. The zero-order valence-electron chi connectivity index (χ0n) is 18.7. The maximum Gasteiger partial charge on any atom is 0.253 e. The van der Waals surface area contributed by atoms with Crippen molar-refractivity contribution in [1.29, 1.82) is 0 Å². The summed E-state index contributed by atoms with van der Waals surface area (Å²) < 4.78 is 43.9. The lowest BCUT2D eigenvalue weighted by atomic mass is 10.1. The van der Waals surface area contributed by atoms with Gasteiger partial charge in [0.2, 0.25) is 5.91 Å². The van der Waals surface area contributed by atoms with Gasteiger partial charge in [0, 0.05) is 34.9 Å². The van der Waals surface area contributed by atoms with Crippen LogP contribution in [-0.4, -0.2) is 50.8 Å². The first-order chi connectivity index (χ1) is 16.0. The van der Waals surface area contributed by atoms with Gasteiger partial charge in [0.1, 0.15) is 16.1 Å². The average molecular weight is 524 g/mol. The molecule has 180 valence electrons. The molecule has 1 aliphatic heterocycles. The SMILES string of the molecule is CC(C)N(C)C(=O)c1ccc(N2CC[C@H](NS(=O)(=O)c3cc4ccc(Cl)cc4s3)C2=O)c(F)c1. The summed E-state index contributed by atoms with van der Waals surface area (Å²) in [7, 11) is -2.34. The number of nitrogens with zero attached hydrogens (tertiary/aromatic N) is 2. The Hall–Kier alpha value is -2.53. The van der Waals surface area contributed by atoms with E-state index in [1.165, 1.54) is 28.0 Å². The number of hydrogen-bond acceptors (Lipinski definition) is 5. The van der Waals surface area contributed by atoms with Crippen LogP contribution in [0, 0.1) is 5.82 Å². The molecule has 11 heteroatoms. The molecule has 1 aliphatic rings. The minimum absolute atomic E-state index is 0.00644. The maximum atomic E-state index is 14.9. The molecule has 34 heavy (non-hydrogen) atoms. The van der Waals surface area contributed by atoms with Crippen molar-refractivity contribution in [1.82, 2.24) is 9.62 Å². The Morgan fingerprint density at radius 1 is 1.24 bits per heavy atom. The number of carbonyl (C=O) groups is 2. The van der Waals surface area contributed by atoms with Gasteiger partial charge >= 0.3 is 0 Å². The minimum Gasteiger partial charge on any atom is -0.339 e. The van der Waals surface area contributed by atoms with E-state index in [9.17, 15) is 22.4 Å². The summed E-state index contributed by atoms with van der Waals surface area (Å²) in [6, 6.07) is 9.48. The lowest BCUT2D eigenvalue weighted by Gasteiger charge is -2.22. The summed E-state index contributed by atoms with van der Waals surface area (Å²) in [6.07, 6.45) is 0.186. The van der Waals surface area contributed by atoms with Gasteiger partial charge in [0.25, 0.3) is 15.9 Å². The molecule has 7 nitrogen and oxygen atoms in total. The summed E-state index contributed by atoms with van der Waals surface area (Å²) in [5.74, 6) is -1.60. The van der Waals surface area contributed by atoms with Crippen LogP contribution in [0.5, 0.6) is 0 Å². The Morgan fingerprint density at radius 2 is 1.97 bits per heavy atom. The molecule has 2 aromatic carbocycles. The molecule has 2 amide bonds. The number of sulfonamides is 1. The second-order valence-corrected chi connectivity index (χ2v) is 11.8. The van der Waals surface area contributed by atoms with Crippen LogP contribution in [0.25, 0.3) is 10.1 Å². The van der Waals surface area contributed by atoms with Gasteiger partial charge in [-0.1, -0.05) is 17.7 Å². The van der Waals surface area contributed by atoms with Gasteiger partial charge in [-0.25, -0.2) is 12.8 Å². The van der Waals surface area contributed by atoms with Crippen LogP contribution in [0.3, 0.4) is 0 Å². The molecule has 0 unspecified atom stereocenters. The van der Waals surface area contributed by atoms with Crippen LogP contribution < -0.4 is 9.62 Å². The molecule has 0 saturated carbocycles.